The number of nitrogens with one attached hydrogen (secondary N) is 1. The Morgan fingerprint density at radius 3 is 2.80 bits per heavy atom. The monoisotopic (exact) mass is 352 g/mol. The summed E-state index contributed by atoms with van der Waals surface area (Å²) < 4.78 is 1.00. The number of halogens is 2. The molecular weight excluding hydrogens is 336 g/mol. The summed E-state index contributed by atoms with van der Waals surface area (Å²) in [5.41, 5.74) is 3.21. The van der Waals surface area contributed by atoms with Crippen LogP contribution in [0.4, 0.5) is 0 Å². The van der Waals surface area contributed by atoms with E-state index in [0.717, 1.165) is 39.3 Å². The summed E-state index contributed by atoms with van der Waals surface area (Å²) in [6.45, 7) is 5.09. The van der Waals surface area contributed by atoms with Gasteiger partial charge in [0.05, 0.1) is 11.7 Å². The molecule has 1 aromatic heterocycles. The molecule has 0 saturated heterocycles. The highest BCUT2D eigenvalue weighted by Gasteiger charge is 2.18. The Labute approximate surface area is 133 Å². The maximum atomic E-state index is 6.26. The van der Waals surface area contributed by atoms with Crippen LogP contribution in [0.15, 0.2) is 41.0 Å². The van der Waals surface area contributed by atoms with E-state index in [1.165, 1.54) is 0 Å². The minimum atomic E-state index is 0.0450. The fourth-order valence-corrected chi connectivity index (χ4v) is 2.73. The van der Waals surface area contributed by atoms with Crippen LogP contribution in [0.5, 0.6) is 0 Å². The second kappa shape index (κ2) is 7.21. The molecule has 0 fully saturated rings. The molecule has 1 atom stereocenters. The maximum absolute atomic E-state index is 6.26. The smallest absolute Gasteiger partial charge is 0.0763 e. The zero-order valence-electron chi connectivity index (χ0n) is 11.7. The zero-order valence-corrected chi connectivity index (χ0v) is 14.0. The van der Waals surface area contributed by atoms with Crippen LogP contribution in [0, 0.1) is 6.92 Å². The average molecular weight is 354 g/mol. The highest BCUT2D eigenvalue weighted by atomic mass is 79.9. The predicted octanol–water partition coefficient (Wildman–Crippen LogP) is 4.89. The minimum absolute atomic E-state index is 0.0450. The van der Waals surface area contributed by atoms with E-state index in [0.29, 0.717) is 0 Å². The molecule has 0 aliphatic rings. The molecule has 0 amide bonds. The first kappa shape index (κ1) is 15.5. The van der Waals surface area contributed by atoms with Crippen molar-refractivity contribution in [2.24, 2.45) is 0 Å². The van der Waals surface area contributed by atoms with Crippen molar-refractivity contribution in [3.8, 4) is 0 Å². The van der Waals surface area contributed by atoms with Crippen LogP contribution >= 0.6 is 27.5 Å². The second-order valence-corrected chi connectivity index (χ2v) is 6.03. The van der Waals surface area contributed by atoms with Crippen molar-refractivity contribution in [3.05, 3.63) is 62.8 Å². The summed E-state index contributed by atoms with van der Waals surface area (Å²) >= 11 is 9.84. The van der Waals surface area contributed by atoms with Gasteiger partial charge in [0.2, 0.25) is 0 Å². The second-order valence-electron chi connectivity index (χ2n) is 4.77. The van der Waals surface area contributed by atoms with Crippen LogP contribution in [-0.2, 0) is 0 Å². The molecule has 2 rings (SSSR count). The molecule has 0 aliphatic heterocycles. The molecule has 1 aromatic carbocycles. The molecule has 2 nitrogen and oxygen atoms in total. The molecular formula is C16H18BrClN2. The van der Waals surface area contributed by atoms with Crippen LogP contribution in [0.3, 0.4) is 0 Å². The van der Waals surface area contributed by atoms with E-state index >= 15 is 0 Å². The molecule has 0 saturated carbocycles. The van der Waals surface area contributed by atoms with E-state index in [2.05, 4.69) is 45.3 Å². The van der Waals surface area contributed by atoms with E-state index in [1.807, 2.05) is 31.3 Å². The summed E-state index contributed by atoms with van der Waals surface area (Å²) in [6, 6.07) is 10.2. The number of aromatic nitrogens is 1. The Kier molecular flexibility index (Phi) is 5.58. The van der Waals surface area contributed by atoms with Crippen LogP contribution in [0.2, 0.25) is 5.02 Å². The normalized spacial score (nSPS) is 12.4. The summed E-state index contributed by atoms with van der Waals surface area (Å²) in [7, 11) is 0. The van der Waals surface area contributed by atoms with E-state index in [1.54, 1.807) is 0 Å². The lowest BCUT2D eigenvalue weighted by atomic mass is 10.0. The number of rotatable bonds is 5. The molecule has 4 heteroatoms. The van der Waals surface area contributed by atoms with Gasteiger partial charge in [-0.3, -0.25) is 4.98 Å². The van der Waals surface area contributed by atoms with Gasteiger partial charge >= 0.3 is 0 Å². The van der Waals surface area contributed by atoms with Crippen molar-refractivity contribution in [1.82, 2.24) is 10.3 Å². The van der Waals surface area contributed by atoms with Gasteiger partial charge in [-0.05, 0) is 65.1 Å². The lowest BCUT2D eigenvalue weighted by Gasteiger charge is -2.20. The Morgan fingerprint density at radius 2 is 2.15 bits per heavy atom. The summed E-state index contributed by atoms with van der Waals surface area (Å²) in [6.07, 6.45) is 2.89. The first-order valence-electron chi connectivity index (χ1n) is 6.73. The quantitative estimate of drug-likeness (QED) is 0.827. The minimum Gasteiger partial charge on any atom is -0.305 e. The molecule has 1 unspecified atom stereocenters. The SMILES string of the molecule is CCCNC(c1ccc(C)c(Cl)c1)c1ncccc1Br. The molecule has 0 spiro atoms. The summed E-state index contributed by atoms with van der Waals surface area (Å²) in [5, 5.41) is 4.33. The van der Waals surface area contributed by atoms with Gasteiger partial charge in [-0.2, -0.15) is 0 Å². The number of pyridine rings is 1. The van der Waals surface area contributed by atoms with E-state index in [9.17, 15) is 0 Å². The fraction of sp³-hybridized carbons (Fsp3) is 0.312. The standard InChI is InChI=1S/C16H18BrClN2/c1-3-8-19-15(16-13(17)5-4-9-20-16)12-7-6-11(2)14(18)10-12/h4-7,9-10,15,19H,3,8H2,1-2H3. The molecule has 2 aromatic rings. The van der Waals surface area contributed by atoms with E-state index in [4.69, 9.17) is 11.6 Å². The van der Waals surface area contributed by atoms with Gasteiger partial charge in [-0.1, -0.05) is 30.7 Å². The van der Waals surface area contributed by atoms with Gasteiger partial charge in [-0.25, -0.2) is 0 Å². The third-order valence-electron chi connectivity index (χ3n) is 3.19. The van der Waals surface area contributed by atoms with E-state index in [-0.39, 0.29) is 6.04 Å². The molecule has 1 N–H and O–H groups in total. The van der Waals surface area contributed by atoms with Crippen molar-refractivity contribution in [3.63, 3.8) is 0 Å². The average Bonchev–Trinajstić information content (AvgIpc) is 2.44. The van der Waals surface area contributed by atoms with Crippen molar-refractivity contribution in [1.29, 1.82) is 0 Å². The molecule has 106 valence electrons. The van der Waals surface area contributed by atoms with Crippen LogP contribution < -0.4 is 5.32 Å². The largest absolute Gasteiger partial charge is 0.305 e. The summed E-state index contributed by atoms with van der Waals surface area (Å²) in [5.74, 6) is 0. The van der Waals surface area contributed by atoms with Gasteiger partial charge < -0.3 is 5.32 Å². The molecule has 0 aliphatic carbocycles. The van der Waals surface area contributed by atoms with Gasteiger partial charge in [0.1, 0.15) is 0 Å². The van der Waals surface area contributed by atoms with Gasteiger partial charge in [0.25, 0.3) is 0 Å². The molecule has 0 bridgehead atoms. The third kappa shape index (κ3) is 3.60. The van der Waals surface area contributed by atoms with Gasteiger partial charge in [0, 0.05) is 15.7 Å². The number of nitrogens with zero attached hydrogens (tertiary/aromatic N) is 1. The summed E-state index contributed by atoms with van der Waals surface area (Å²) in [4.78, 5) is 4.51. The highest BCUT2D eigenvalue weighted by molar-refractivity contribution is 9.10. The van der Waals surface area contributed by atoms with Crippen molar-refractivity contribution >= 4 is 27.5 Å². The lowest BCUT2D eigenvalue weighted by molar-refractivity contribution is 0.584. The predicted molar refractivity (Wildman–Crippen MR) is 88.3 cm³/mol. The number of hydrogen-bond acceptors (Lipinski definition) is 2. The number of benzene rings is 1. The van der Waals surface area contributed by atoms with Crippen LogP contribution in [0.25, 0.3) is 0 Å². The van der Waals surface area contributed by atoms with Crippen LogP contribution in [-0.4, -0.2) is 11.5 Å². The lowest BCUT2D eigenvalue weighted by Crippen LogP contribution is -2.24. The van der Waals surface area contributed by atoms with Crippen molar-refractivity contribution < 1.29 is 0 Å². The third-order valence-corrected chi connectivity index (χ3v) is 4.27. The topological polar surface area (TPSA) is 24.9 Å². The van der Waals surface area contributed by atoms with Crippen molar-refractivity contribution in [2.45, 2.75) is 26.3 Å². The molecule has 1 heterocycles. The number of hydrogen-bond donors (Lipinski definition) is 1. The van der Waals surface area contributed by atoms with Crippen LogP contribution in [0.1, 0.15) is 36.2 Å². The first-order chi connectivity index (χ1) is 9.63. The number of aryl methyl sites for hydroxylation is 1. The van der Waals surface area contributed by atoms with Gasteiger partial charge in [0.15, 0.2) is 0 Å². The first-order valence-corrected chi connectivity index (χ1v) is 7.90. The Hall–Kier alpha value is -0.900. The Balaban J connectivity index is 2.41. The van der Waals surface area contributed by atoms with Crippen molar-refractivity contribution in [2.75, 3.05) is 6.54 Å². The fourth-order valence-electron chi connectivity index (χ4n) is 2.06. The molecule has 20 heavy (non-hydrogen) atoms. The van der Waals surface area contributed by atoms with Gasteiger partial charge in [-0.15, -0.1) is 0 Å². The van der Waals surface area contributed by atoms with E-state index < -0.39 is 0 Å². The zero-order chi connectivity index (χ0) is 14.5. The highest BCUT2D eigenvalue weighted by Crippen LogP contribution is 2.29. The Morgan fingerprint density at radius 1 is 1.35 bits per heavy atom. The maximum Gasteiger partial charge on any atom is 0.0763 e. The Bertz CT molecular complexity index is 586. The molecule has 0 radical (unpaired) electrons.